The van der Waals surface area contributed by atoms with Crippen LogP contribution in [0.5, 0.6) is 0 Å². The minimum Gasteiger partial charge on any atom is -0.0708 e. The van der Waals surface area contributed by atoms with Crippen molar-refractivity contribution >= 4 is 75.4 Å². The Bertz CT molecular complexity index is 75.5. The molecule has 0 aromatic heterocycles. The Hall–Kier alpha value is 1.64. The van der Waals surface area contributed by atoms with E-state index in [9.17, 15) is 0 Å². The van der Waals surface area contributed by atoms with Gasteiger partial charge in [0.1, 0.15) is 5.74 Å². The second-order valence-corrected chi connectivity index (χ2v) is 4.99. The zero-order valence-electron chi connectivity index (χ0n) is 2.57. The van der Waals surface area contributed by atoms with E-state index in [-0.39, 0.29) is 0 Å². The number of thiocarbonyl (C=S) groups is 2. The summed E-state index contributed by atoms with van der Waals surface area (Å²) in [5, 5.41) is 0. The standard InChI is InChI=1S/C2I2S2/c3-1(5)2(4)6. The SMILES string of the molecule is S=C(I)C(=S)I. The second-order valence-electron chi connectivity index (χ2n) is 0.547. The van der Waals surface area contributed by atoms with Gasteiger partial charge in [-0.25, -0.2) is 0 Å². The highest BCUT2D eigenvalue weighted by Crippen LogP contribution is 2.00. The highest BCUT2D eigenvalue weighted by atomic mass is 127. The molecule has 0 N–H and O–H groups in total. The average molecular weight is 342 g/mol. The predicted octanol–water partition coefficient (Wildman–Crippen LogP) is 2.51. The Labute approximate surface area is 74.3 Å². The predicted molar refractivity (Wildman–Crippen MR) is 53.2 cm³/mol. The molecule has 0 radical (unpaired) electrons. The summed E-state index contributed by atoms with van der Waals surface area (Å²) < 4.78 is 1.56. The first-order valence-corrected chi connectivity index (χ1v) is 4.01. The molecule has 4 heteroatoms. The van der Waals surface area contributed by atoms with Crippen molar-refractivity contribution in [1.82, 2.24) is 0 Å². The molecule has 0 fully saturated rings. The van der Waals surface area contributed by atoms with Crippen LogP contribution < -0.4 is 0 Å². The van der Waals surface area contributed by atoms with Gasteiger partial charge in [0.25, 0.3) is 0 Å². The number of rotatable bonds is 1. The minimum absolute atomic E-state index is 0.781. The molecule has 0 saturated carbocycles. The topological polar surface area (TPSA) is 0 Å². The molecule has 0 aromatic rings. The summed E-state index contributed by atoms with van der Waals surface area (Å²) in [6.07, 6.45) is 0. The van der Waals surface area contributed by atoms with E-state index in [2.05, 4.69) is 24.4 Å². The molecule has 6 heavy (non-hydrogen) atoms. The first kappa shape index (κ1) is 7.64. The number of hydrogen-bond donors (Lipinski definition) is 0. The van der Waals surface area contributed by atoms with Crippen molar-refractivity contribution < 1.29 is 0 Å². The summed E-state index contributed by atoms with van der Waals surface area (Å²) in [5.74, 6) is 0. The smallest absolute Gasteiger partial charge is 0.0708 e. The molecular formula is C2I2S2. The molecule has 0 bridgehead atoms. The lowest BCUT2D eigenvalue weighted by atomic mass is 11.0. The molecule has 0 unspecified atom stereocenters. The quantitative estimate of drug-likeness (QED) is 0.408. The van der Waals surface area contributed by atoms with Gasteiger partial charge in [0.15, 0.2) is 0 Å². The normalized spacial score (nSPS) is 7.67. The highest BCUT2D eigenvalue weighted by Gasteiger charge is 1.88. The molecule has 0 aliphatic heterocycles. The van der Waals surface area contributed by atoms with E-state index in [0.717, 1.165) is 5.74 Å². The van der Waals surface area contributed by atoms with E-state index in [1.165, 1.54) is 0 Å². The maximum atomic E-state index is 4.66. The van der Waals surface area contributed by atoms with Crippen molar-refractivity contribution in [3.8, 4) is 0 Å². The maximum absolute atomic E-state index is 4.66. The van der Waals surface area contributed by atoms with E-state index in [1.54, 1.807) is 0 Å². The van der Waals surface area contributed by atoms with Crippen LogP contribution in [0.15, 0.2) is 0 Å². The van der Waals surface area contributed by atoms with Crippen molar-refractivity contribution in [2.45, 2.75) is 0 Å². The zero-order chi connectivity index (χ0) is 5.15. The van der Waals surface area contributed by atoms with Crippen LogP contribution in [-0.2, 0) is 0 Å². The van der Waals surface area contributed by atoms with Crippen LogP contribution in [0.2, 0.25) is 0 Å². The molecule has 0 aliphatic carbocycles. The molecule has 0 amide bonds. The average Bonchev–Trinajstić information content (AvgIpc) is 1.36. The maximum Gasteiger partial charge on any atom is 0.100 e. The van der Waals surface area contributed by atoms with Crippen LogP contribution in [0.1, 0.15) is 0 Å². The van der Waals surface area contributed by atoms with Crippen LogP contribution >= 0.6 is 69.6 Å². The molecular weight excluding hydrogens is 342 g/mol. The second kappa shape index (κ2) is 3.62. The van der Waals surface area contributed by atoms with Gasteiger partial charge < -0.3 is 0 Å². The molecule has 0 nitrogen and oxygen atoms in total. The lowest BCUT2D eigenvalue weighted by Crippen LogP contribution is -1.84. The summed E-state index contributed by atoms with van der Waals surface area (Å²) in [6, 6.07) is 0. The molecule has 34 valence electrons. The van der Waals surface area contributed by atoms with E-state index in [0.29, 0.717) is 0 Å². The lowest BCUT2D eigenvalue weighted by Gasteiger charge is -1.77. The molecule has 0 atom stereocenters. The molecule has 0 heterocycles. The van der Waals surface area contributed by atoms with Crippen LogP contribution in [0.25, 0.3) is 0 Å². The van der Waals surface area contributed by atoms with Crippen LogP contribution in [0.3, 0.4) is 0 Å². The van der Waals surface area contributed by atoms with Gasteiger partial charge in [-0.2, -0.15) is 0 Å². The van der Waals surface area contributed by atoms with E-state index in [4.69, 9.17) is 0 Å². The molecule has 0 spiro atoms. The fourth-order valence-electron chi connectivity index (χ4n) is 0. The Morgan fingerprint density at radius 1 is 1.00 bits per heavy atom. The first-order valence-electron chi connectivity index (χ1n) is 1.04. The van der Waals surface area contributed by atoms with Crippen molar-refractivity contribution in [2.75, 3.05) is 0 Å². The van der Waals surface area contributed by atoms with Gasteiger partial charge in [-0.05, 0) is 45.2 Å². The van der Waals surface area contributed by atoms with Gasteiger partial charge in [-0.1, -0.05) is 24.4 Å². The number of hydrogen-bond acceptors (Lipinski definition) is 2. The van der Waals surface area contributed by atoms with Gasteiger partial charge >= 0.3 is 0 Å². The van der Waals surface area contributed by atoms with Gasteiger partial charge in [-0.3, -0.25) is 0 Å². The third kappa shape index (κ3) is 3.82. The minimum atomic E-state index is 0.781. The summed E-state index contributed by atoms with van der Waals surface area (Å²) in [7, 11) is 0. The largest absolute Gasteiger partial charge is 0.100 e. The number of halogens is 2. The lowest BCUT2D eigenvalue weighted by molar-refractivity contribution is 3.78. The third-order valence-electron chi connectivity index (χ3n) is 0.155. The molecule has 0 aromatic carbocycles. The van der Waals surface area contributed by atoms with Crippen molar-refractivity contribution in [2.24, 2.45) is 0 Å². The van der Waals surface area contributed by atoms with E-state index < -0.39 is 0 Å². The zero-order valence-corrected chi connectivity index (χ0v) is 8.52. The van der Waals surface area contributed by atoms with Crippen molar-refractivity contribution in [1.29, 1.82) is 0 Å². The third-order valence-corrected chi connectivity index (χ3v) is 3.53. The summed E-state index contributed by atoms with van der Waals surface area (Å²) in [5.41, 5.74) is 0. The van der Waals surface area contributed by atoms with E-state index in [1.807, 2.05) is 45.2 Å². The Morgan fingerprint density at radius 3 is 1.17 bits per heavy atom. The Balaban J connectivity index is 3.57. The fraction of sp³-hybridized carbons (Fsp3) is 0. The van der Waals surface area contributed by atoms with Crippen molar-refractivity contribution in [3.63, 3.8) is 0 Å². The summed E-state index contributed by atoms with van der Waals surface area (Å²) in [4.78, 5) is 0. The van der Waals surface area contributed by atoms with Gasteiger partial charge in [-0.15, -0.1) is 0 Å². The van der Waals surface area contributed by atoms with Crippen LogP contribution in [-0.4, -0.2) is 5.74 Å². The molecule has 0 rings (SSSR count). The van der Waals surface area contributed by atoms with Gasteiger partial charge in [0.2, 0.25) is 0 Å². The monoisotopic (exact) mass is 342 g/mol. The van der Waals surface area contributed by atoms with Gasteiger partial charge in [0.05, 0.1) is 0 Å². The Morgan fingerprint density at radius 2 is 1.17 bits per heavy atom. The highest BCUT2D eigenvalue weighted by molar-refractivity contribution is 14.1. The van der Waals surface area contributed by atoms with Gasteiger partial charge in [0, 0.05) is 0 Å². The summed E-state index contributed by atoms with van der Waals surface area (Å²) in [6.45, 7) is 0. The van der Waals surface area contributed by atoms with Crippen molar-refractivity contribution in [3.05, 3.63) is 0 Å². The molecule has 0 saturated heterocycles. The first-order chi connectivity index (χ1) is 2.64. The molecule has 0 aliphatic rings. The Kier molecular flexibility index (Phi) is 4.61. The van der Waals surface area contributed by atoms with Crippen LogP contribution in [0, 0.1) is 0 Å². The fourth-order valence-corrected chi connectivity index (χ4v) is 0. The van der Waals surface area contributed by atoms with Crippen LogP contribution in [0.4, 0.5) is 0 Å². The summed E-state index contributed by atoms with van der Waals surface area (Å²) >= 11 is 13.3. The van der Waals surface area contributed by atoms with E-state index >= 15 is 0 Å².